The molecule has 180 valence electrons. The van der Waals surface area contributed by atoms with E-state index in [1.807, 2.05) is 0 Å². The third kappa shape index (κ3) is 4.16. The van der Waals surface area contributed by atoms with Gasteiger partial charge in [-0.15, -0.1) is 0 Å². The number of ether oxygens (including phenoxy) is 2. The van der Waals surface area contributed by atoms with Gasteiger partial charge in [-0.3, -0.25) is 14.6 Å². The summed E-state index contributed by atoms with van der Waals surface area (Å²) in [6.07, 6.45) is 3.23. The maximum absolute atomic E-state index is 13.3. The fourth-order valence-electron chi connectivity index (χ4n) is 4.44. The number of methoxy groups -OCH3 is 2. The number of likely N-dealkylation sites (tertiary alicyclic amines) is 1. The molecule has 1 atom stereocenters. The number of aromatic nitrogens is 2. The Bertz CT molecular complexity index is 1340. The minimum Gasteiger partial charge on any atom is -0.507 e. The number of nitrogens with zero attached hydrogens (tertiary/aromatic N) is 2. The van der Waals surface area contributed by atoms with Gasteiger partial charge in [-0.05, 0) is 48.7 Å². The van der Waals surface area contributed by atoms with E-state index in [2.05, 4.69) is 9.97 Å². The number of ketones is 1. The van der Waals surface area contributed by atoms with Crippen LogP contribution in [-0.2, 0) is 20.9 Å². The molecular formula is C26H25N3O6. The number of benzene rings is 1. The van der Waals surface area contributed by atoms with E-state index in [1.54, 1.807) is 62.6 Å². The number of Topliss-reactive ketones (excluding diaryl/α,β-unsaturated/α-hetero) is 1. The fraction of sp³-hybridized carbons (Fsp3) is 0.231. The number of aromatic amines is 1. The molecule has 0 aliphatic carbocycles. The highest BCUT2D eigenvalue weighted by molar-refractivity contribution is 6.46. The van der Waals surface area contributed by atoms with Crippen molar-refractivity contribution in [3.63, 3.8) is 0 Å². The van der Waals surface area contributed by atoms with Crippen molar-refractivity contribution in [2.45, 2.75) is 26.4 Å². The molecule has 0 spiro atoms. The van der Waals surface area contributed by atoms with E-state index in [9.17, 15) is 19.5 Å². The Morgan fingerprint density at radius 2 is 1.94 bits per heavy atom. The monoisotopic (exact) mass is 475 g/mol. The van der Waals surface area contributed by atoms with Crippen molar-refractivity contribution < 1.29 is 29.0 Å². The molecule has 1 unspecified atom stereocenters. The van der Waals surface area contributed by atoms with Gasteiger partial charge in [0.15, 0.2) is 0 Å². The van der Waals surface area contributed by atoms with E-state index < -0.39 is 23.7 Å². The maximum atomic E-state index is 13.3. The summed E-state index contributed by atoms with van der Waals surface area (Å²) in [7, 11) is 2.77. The van der Waals surface area contributed by atoms with Gasteiger partial charge >= 0.3 is 5.97 Å². The van der Waals surface area contributed by atoms with E-state index in [0.717, 1.165) is 5.56 Å². The van der Waals surface area contributed by atoms with Gasteiger partial charge in [-0.2, -0.15) is 0 Å². The predicted octanol–water partition coefficient (Wildman–Crippen LogP) is 3.44. The molecule has 9 heteroatoms. The summed E-state index contributed by atoms with van der Waals surface area (Å²) in [5, 5.41) is 11.4. The Labute approximate surface area is 202 Å². The van der Waals surface area contributed by atoms with Crippen LogP contribution >= 0.6 is 0 Å². The molecule has 3 heterocycles. The molecule has 3 aromatic rings. The van der Waals surface area contributed by atoms with Crippen LogP contribution in [0.1, 0.15) is 44.5 Å². The molecule has 2 aromatic heterocycles. The summed E-state index contributed by atoms with van der Waals surface area (Å²) >= 11 is 0. The molecule has 0 radical (unpaired) electrons. The third-order valence-electron chi connectivity index (χ3n) is 6.09. The standard InChI is InChI=1S/C26H25N3O6/c1-14-19(15(2)28-21(14)26(33)35-4)23(30)20-22(17-8-5-9-18(11-17)34-3)29(25(32)24(20)31)13-16-7-6-10-27-12-16/h5-12,22,28,30H,13H2,1-4H3. The first kappa shape index (κ1) is 23.7. The number of carbonyl (C=O) groups is 3. The second kappa shape index (κ2) is 9.46. The summed E-state index contributed by atoms with van der Waals surface area (Å²) < 4.78 is 10.2. The third-order valence-corrected chi connectivity index (χ3v) is 6.09. The molecule has 1 saturated heterocycles. The van der Waals surface area contributed by atoms with Crippen LogP contribution in [-0.4, -0.2) is 51.9 Å². The van der Waals surface area contributed by atoms with Crippen LogP contribution in [0.4, 0.5) is 0 Å². The topological polar surface area (TPSA) is 122 Å². The van der Waals surface area contributed by atoms with Gasteiger partial charge in [-0.25, -0.2) is 4.79 Å². The number of esters is 1. The summed E-state index contributed by atoms with van der Waals surface area (Å²) in [4.78, 5) is 47.1. The van der Waals surface area contributed by atoms with Crippen molar-refractivity contribution in [3.05, 3.63) is 88.0 Å². The van der Waals surface area contributed by atoms with Crippen LogP contribution in [0, 0.1) is 13.8 Å². The zero-order valence-corrected chi connectivity index (χ0v) is 19.8. The fourth-order valence-corrected chi connectivity index (χ4v) is 4.44. The van der Waals surface area contributed by atoms with Crippen molar-refractivity contribution in [1.82, 2.24) is 14.9 Å². The zero-order chi connectivity index (χ0) is 25.3. The molecule has 1 aliphatic heterocycles. The number of aliphatic hydroxyl groups is 1. The number of H-pyrrole nitrogens is 1. The minimum atomic E-state index is -0.888. The summed E-state index contributed by atoms with van der Waals surface area (Å²) in [5.41, 5.74) is 2.55. The van der Waals surface area contributed by atoms with Gasteiger partial charge in [-0.1, -0.05) is 18.2 Å². The number of hydrogen-bond donors (Lipinski definition) is 2. The number of nitrogens with one attached hydrogen (secondary N) is 1. The van der Waals surface area contributed by atoms with Crippen molar-refractivity contribution in [2.75, 3.05) is 14.2 Å². The number of rotatable bonds is 6. The van der Waals surface area contributed by atoms with Gasteiger partial charge in [0.05, 0.1) is 25.8 Å². The first-order chi connectivity index (χ1) is 16.8. The molecule has 2 N–H and O–H groups in total. The normalized spacial score (nSPS) is 17.0. The maximum Gasteiger partial charge on any atom is 0.354 e. The lowest BCUT2D eigenvalue weighted by Crippen LogP contribution is -2.29. The van der Waals surface area contributed by atoms with E-state index in [4.69, 9.17) is 9.47 Å². The van der Waals surface area contributed by atoms with E-state index in [0.29, 0.717) is 22.6 Å². The second-order valence-corrected chi connectivity index (χ2v) is 8.18. The highest BCUT2D eigenvalue weighted by atomic mass is 16.5. The summed E-state index contributed by atoms with van der Waals surface area (Å²) in [5.74, 6) is -2.00. The Kier molecular flexibility index (Phi) is 6.42. The molecule has 0 bridgehead atoms. The van der Waals surface area contributed by atoms with Gasteiger partial charge < -0.3 is 24.5 Å². The average Bonchev–Trinajstić information content (AvgIpc) is 3.31. The average molecular weight is 476 g/mol. The first-order valence-corrected chi connectivity index (χ1v) is 10.9. The van der Waals surface area contributed by atoms with Crippen LogP contribution in [0.2, 0.25) is 0 Å². The van der Waals surface area contributed by atoms with Gasteiger partial charge in [0, 0.05) is 30.2 Å². The number of aryl methyl sites for hydroxylation is 1. The van der Waals surface area contributed by atoms with E-state index in [1.165, 1.54) is 19.1 Å². The van der Waals surface area contributed by atoms with Crippen LogP contribution in [0.5, 0.6) is 5.75 Å². The van der Waals surface area contributed by atoms with Crippen molar-refractivity contribution in [1.29, 1.82) is 0 Å². The molecular weight excluding hydrogens is 450 g/mol. The number of hydrogen-bond acceptors (Lipinski definition) is 7. The Morgan fingerprint density at radius 1 is 1.17 bits per heavy atom. The Morgan fingerprint density at radius 3 is 2.60 bits per heavy atom. The largest absolute Gasteiger partial charge is 0.507 e. The molecule has 9 nitrogen and oxygen atoms in total. The SMILES string of the molecule is COC(=O)c1[nH]c(C)c(C(O)=C2C(=O)C(=O)N(Cc3cccnc3)C2c2cccc(OC)c2)c1C. The molecule has 4 rings (SSSR count). The van der Waals surface area contributed by atoms with Crippen LogP contribution in [0.15, 0.2) is 54.4 Å². The summed E-state index contributed by atoms with van der Waals surface area (Å²) in [6.45, 7) is 3.41. The van der Waals surface area contributed by atoms with E-state index in [-0.39, 0.29) is 29.1 Å². The van der Waals surface area contributed by atoms with Gasteiger partial charge in [0.1, 0.15) is 17.2 Å². The van der Waals surface area contributed by atoms with E-state index >= 15 is 0 Å². The lowest BCUT2D eigenvalue weighted by atomic mass is 9.94. The van der Waals surface area contributed by atoms with Crippen molar-refractivity contribution in [3.8, 4) is 5.75 Å². The van der Waals surface area contributed by atoms with Crippen LogP contribution in [0.25, 0.3) is 5.76 Å². The molecule has 1 aromatic carbocycles. The molecule has 1 fully saturated rings. The highest BCUT2D eigenvalue weighted by Gasteiger charge is 2.46. The zero-order valence-electron chi connectivity index (χ0n) is 19.8. The minimum absolute atomic E-state index is 0.0752. The molecule has 35 heavy (non-hydrogen) atoms. The Balaban J connectivity index is 1.92. The number of carbonyl (C=O) groups excluding carboxylic acids is 3. The van der Waals surface area contributed by atoms with Gasteiger partial charge in [0.25, 0.3) is 11.7 Å². The number of aliphatic hydroxyl groups excluding tert-OH is 1. The molecule has 1 aliphatic rings. The molecule has 0 saturated carbocycles. The lowest BCUT2D eigenvalue weighted by molar-refractivity contribution is -0.140. The van der Waals surface area contributed by atoms with Crippen LogP contribution < -0.4 is 4.74 Å². The smallest absolute Gasteiger partial charge is 0.354 e. The quantitative estimate of drug-likeness (QED) is 0.242. The first-order valence-electron chi connectivity index (χ1n) is 10.9. The second-order valence-electron chi connectivity index (χ2n) is 8.18. The highest BCUT2D eigenvalue weighted by Crippen LogP contribution is 2.42. The summed E-state index contributed by atoms with van der Waals surface area (Å²) in [6, 6.07) is 9.64. The number of amides is 1. The Hall–Kier alpha value is -4.40. The lowest BCUT2D eigenvalue weighted by Gasteiger charge is -2.25. The predicted molar refractivity (Wildman–Crippen MR) is 127 cm³/mol. The number of pyridine rings is 1. The van der Waals surface area contributed by atoms with Crippen molar-refractivity contribution >= 4 is 23.4 Å². The van der Waals surface area contributed by atoms with Crippen molar-refractivity contribution in [2.24, 2.45) is 0 Å². The van der Waals surface area contributed by atoms with Gasteiger partial charge in [0.2, 0.25) is 0 Å². The van der Waals surface area contributed by atoms with Crippen LogP contribution in [0.3, 0.4) is 0 Å². The molecule has 1 amide bonds.